The summed E-state index contributed by atoms with van der Waals surface area (Å²) in [4.78, 5) is 23.1. The van der Waals surface area contributed by atoms with E-state index in [4.69, 9.17) is 4.74 Å². The molecule has 2 atom stereocenters. The van der Waals surface area contributed by atoms with Gasteiger partial charge in [0.1, 0.15) is 0 Å². The van der Waals surface area contributed by atoms with Gasteiger partial charge in [-0.2, -0.15) is 0 Å². The molecule has 0 amide bonds. The summed E-state index contributed by atoms with van der Waals surface area (Å²) in [6.45, 7) is 0. The third-order valence-electron chi connectivity index (χ3n) is 3.82. The standard InChI is InChI=1S/C13H20O3/c14-12-10-8-6-4-2-1-3-5-7-9-11(10)13(15)16-12/h10-11H,1-9H2/t10-,11+. The first kappa shape index (κ1) is 11.6. The van der Waals surface area contributed by atoms with Crippen molar-refractivity contribution < 1.29 is 14.3 Å². The van der Waals surface area contributed by atoms with E-state index < -0.39 is 0 Å². The van der Waals surface area contributed by atoms with E-state index in [0.717, 1.165) is 25.7 Å². The van der Waals surface area contributed by atoms with Gasteiger partial charge in [0.05, 0.1) is 11.8 Å². The predicted octanol–water partition coefficient (Wildman–Crippen LogP) is 2.83. The van der Waals surface area contributed by atoms with Crippen LogP contribution in [0.2, 0.25) is 0 Å². The molecule has 0 bridgehead atoms. The summed E-state index contributed by atoms with van der Waals surface area (Å²) >= 11 is 0. The summed E-state index contributed by atoms with van der Waals surface area (Å²) in [6.07, 6.45) is 10.0. The highest BCUT2D eigenvalue weighted by Gasteiger charge is 2.42. The summed E-state index contributed by atoms with van der Waals surface area (Å²) in [5.41, 5.74) is 0. The Morgan fingerprint density at radius 1 is 0.688 bits per heavy atom. The van der Waals surface area contributed by atoms with Crippen LogP contribution in [0.15, 0.2) is 0 Å². The van der Waals surface area contributed by atoms with Crippen molar-refractivity contribution >= 4 is 11.9 Å². The number of carbonyl (C=O) groups is 2. The lowest BCUT2D eigenvalue weighted by Gasteiger charge is -2.12. The largest absolute Gasteiger partial charge is 0.393 e. The molecule has 90 valence electrons. The highest BCUT2D eigenvalue weighted by molar-refractivity contribution is 5.96. The zero-order chi connectivity index (χ0) is 11.4. The number of ether oxygens (including phenoxy) is 1. The molecule has 3 heteroatoms. The average molecular weight is 224 g/mol. The summed E-state index contributed by atoms with van der Waals surface area (Å²) in [5, 5.41) is 0. The molecule has 1 saturated heterocycles. The van der Waals surface area contributed by atoms with Crippen molar-refractivity contribution in [2.45, 2.75) is 57.8 Å². The fourth-order valence-electron chi connectivity index (χ4n) is 2.83. The van der Waals surface area contributed by atoms with Gasteiger partial charge in [0.25, 0.3) is 0 Å². The molecule has 2 rings (SSSR count). The van der Waals surface area contributed by atoms with Crippen LogP contribution in [0, 0.1) is 11.8 Å². The van der Waals surface area contributed by atoms with Crippen LogP contribution in [0.1, 0.15) is 57.8 Å². The zero-order valence-corrected chi connectivity index (χ0v) is 9.74. The van der Waals surface area contributed by atoms with Crippen molar-refractivity contribution in [2.75, 3.05) is 0 Å². The second-order valence-corrected chi connectivity index (χ2v) is 5.01. The number of hydrogen-bond acceptors (Lipinski definition) is 3. The number of rotatable bonds is 0. The van der Waals surface area contributed by atoms with E-state index in [-0.39, 0.29) is 23.8 Å². The van der Waals surface area contributed by atoms with Crippen molar-refractivity contribution in [3.8, 4) is 0 Å². The van der Waals surface area contributed by atoms with E-state index in [2.05, 4.69) is 0 Å². The topological polar surface area (TPSA) is 43.4 Å². The minimum atomic E-state index is -0.269. The summed E-state index contributed by atoms with van der Waals surface area (Å²) in [5.74, 6) is -0.806. The molecule has 0 aromatic heterocycles. The van der Waals surface area contributed by atoms with Crippen LogP contribution in [0.4, 0.5) is 0 Å². The Hall–Kier alpha value is -0.860. The quantitative estimate of drug-likeness (QED) is 0.469. The molecule has 0 aromatic carbocycles. The monoisotopic (exact) mass is 224 g/mol. The molecule has 0 unspecified atom stereocenters. The average Bonchev–Trinajstić information content (AvgIpc) is 2.51. The Morgan fingerprint density at radius 2 is 1.06 bits per heavy atom. The van der Waals surface area contributed by atoms with Gasteiger partial charge in [0.2, 0.25) is 0 Å². The molecular formula is C13H20O3. The van der Waals surface area contributed by atoms with Gasteiger partial charge in [0.15, 0.2) is 0 Å². The Kier molecular flexibility index (Phi) is 3.97. The maximum atomic E-state index is 11.5. The Balaban J connectivity index is 1.99. The molecule has 0 spiro atoms. The normalized spacial score (nSPS) is 32.8. The number of fused-ring (bicyclic) bond motifs is 1. The molecule has 1 aliphatic carbocycles. The molecule has 0 radical (unpaired) electrons. The van der Waals surface area contributed by atoms with E-state index in [9.17, 15) is 9.59 Å². The molecule has 2 fully saturated rings. The first-order valence-corrected chi connectivity index (χ1v) is 6.54. The fraction of sp³-hybridized carbons (Fsp3) is 0.846. The van der Waals surface area contributed by atoms with Crippen LogP contribution in [0.25, 0.3) is 0 Å². The third-order valence-corrected chi connectivity index (χ3v) is 3.82. The lowest BCUT2D eigenvalue weighted by atomic mass is 9.86. The van der Waals surface area contributed by atoms with Crippen LogP contribution in [0.3, 0.4) is 0 Å². The maximum absolute atomic E-state index is 11.5. The van der Waals surface area contributed by atoms with E-state index in [1.54, 1.807) is 0 Å². The zero-order valence-electron chi connectivity index (χ0n) is 9.74. The smallest absolute Gasteiger partial charge is 0.317 e. The Labute approximate surface area is 96.5 Å². The van der Waals surface area contributed by atoms with Gasteiger partial charge < -0.3 is 4.74 Å². The molecule has 1 aliphatic heterocycles. The summed E-state index contributed by atoms with van der Waals surface area (Å²) in [6, 6.07) is 0. The van der Waals surface area contributed by atoms with E-state index in [1.807, 2.05) is 0 Å². The van der Waals surface area contributed by atoms with Gasteiger partial charge in [0, 0.05) is 0 Å². The SMILES string of the molecule is O=C1OC(=O)[C@@H]2CCCCCCCCC[C@H]12. The fourth-order valence-corrected chi connectivity index (χ4v) is 2.83. The minimum absolute atomic E-state index is 0.134. The molecule has 1 heterocycles. The molecule has 0 aromatic rings. The Bertz CT molecular complexity index is 246. The highest BCUT2D eigenvalue weighted by Crippen LogP contribution is 2.33. The molecular weight excluding hydrogens is 204 g/mol. The van der Waals surface area contributed by atoms with Crippen LogP contribution in [-0.4, -0.2) is 11.9 Å². The number of cyclic esters (lactones) is 2. The van der Waals surface area contributed by atoms with Gasteiger partial charge in [-0.25, -0.2) is 0 Å². The first-order valence-electron chi connectivity index (χ1n) is 6.54. The van der Waals surface area contributed by atoms with Gasteiger partial charge in [-0.1, -0.05) is 44.9 Å². The Morgan fingerprint density at radius 3 is 1.50 bits per heavy atom. The van der Waals surface area contributed by atoms with E-state index in [0.29, 0.717) is 0 Å². The van der Waals surface area contributed by atoms with Gasteiger partial charge in [-0.3, -0.25) is 9.59 Å². The molecule has 0 N–H and O–H groups in total. The van der Waals surface area contributed by atoms with Crippen LogP contribution < -0.4 is 0 Å². The van der Waals surface area contributed by atoms with Gasteiger partial charge in [-0.05, 0) is 12.8 Å². The summed E-state index contributed by atoms with van der Waals surface area (Å²) < 4.78 is 4.75. The number of carbonyl (C=O) groups excluding carboxylic acids is 2. The van der Waals surface area contributed by atoms with Crippen LogP contribution in [0.5, 0.6) is 0 Å². The second kappa shape index (κ2) is 5.46. The maximum Gasteiger partial charge on any atom is 0.317 e. The minimum Gasteiger partial charge on any atom is -0.393 e. The summed E-state index contributed by atoms with van der Waals surface area (Å²) in [7, 11) is 0. The lowest BCUT2D eigenvalue weighted by molar-refractivity contribution is -0.153. The second-order valence-electron chi connectivity index (χ2n) is 5.01. The van der Waals surface area contributed by atoms with E-state index in [1.165, 1.54) is 32.1 Å². The van der Waals surface area contributed by atoms with Crippen molar-refractivity contribution in [2.24, 2.45) is 11.8 Å². The molecule has 2 aliphatic rings. The molecule has 1 saturated carbocycles. The number of hydrogen-bond donors (Lipinski definition) is 0. The lowest BCUT2D eigenvalue weighted by Crippen LogP contribution is -2.17. The van der Waals surface area contributed by atoms with E-state index >= 15 is 0 Å². The van der Waals surface area contributed by atoms with Crippen molar-refractivity contribution in [3.05, 3.63) is 0 Å². The molecule has 3 nitrogen and oxygen atoms in total. The third kappa shape index (κ3) is 2.63. The van der Waals surface area contributed by atoms with Crippen molar-refractivity contribution in [3.63, 3.8) is 0 Å². The predicted molar refractivity (Wildman–Crippen MR) is 59.6 cm³/mol. The molecule has 16 heavy (non-hydrogen) atoms. The number of esters is 2. The van der Waals surface area contributed by atoms with Crippen LogP contribution >= 0.6 is 0 Å². The van der Waals surface area contributed by atoms with Gasteiger partial charge >= 0.3 is 11.9 Å². The van der Waals surface area contributed by atoms with Crippen molar-refractivity contribution in [1.82, 2.24) is 0 Å². The van der Waals surface area contributed by atoms with Crippen LogP contribution in [-0.2, 0) is 14.3 Å². The first-order chi connectivity index (χ1) is 7.79. The van der Waals surface area contributed by atoms with Gasteiger partial charge in [-0.15, -0.1) is 0 Å². The highest BCUT2D eigenvalue weighted by atomic mass is 16.6. The van der Waals surface area contributed by atoms with Crippen molar-refractivity contribution in [1.29, 1.82) is 0 Å².